The summed E-state index contributed by atoms with van der Waals surface area (Å²) >= 11 is 0. The largest absolute Gasteiger partial charge is 0.452 e. The Bertz CT molecular complexity index is 860. The Kier molecular flexibility index (Phi) is 5.74. The van der Waals surface area contributed by atoms with E-state index in [-0.39, 0.29) is 6.04 Å². The van der Waals surface area contributed by atoms with E-state index in [9.17, 15) is 22.8 Å². The minimum absolute atomic E-state index is 0.149. The SMILES string of the molecule is Cc1cc(C(=O)OCC(=O)Nc2ccc(F)c(F)c2F)c(C)n1C(C)C. The van der Waals surface area contributed by atoms with Crippen LogP contribution in [0.25, 0.3) is 0 Å². The first kappa shape index (κ1) is 19.6. The first-order chi connectivity index (χ1) is 12.1. The van der Waals surface area contributed by atoms with Gasteiger partial charge in [0.15, 0.2) is 24.1 Å². The molecule has 1 aromatic heterocycles. The van der Waals surface area contributed by atoms with Crippen molar-refractivity contribution in [2.45, 2.75) is 33.7 Å². The van der Waals surface area contributed by atoms with Gasteiger partial charge in [0.1, 0.15) is 0 Å². The summed E-state index contributed by atoms with van der Waals surface area (Å²) in [5.74, 6) is -6.16. The molecule has 26 heavy (non-hydrogen) atoms. The number of halogens is 3. The maximum Gasteiger partial charge on any atom is 0.340 e. The van der Waals surface area contributed by atoms with Crippen molar-refractivity contribution in [1.29, 1.82) is 0 Å². The van der Waals surface area contributed by atoms with Crippen molar-refractivity contribution in [2.75, 3.05) is 11.9 Å². The van der Waals surface area contributed by atoms with Gasteiger partial charge in [-0.05, 0) is 45.9 Å². The van der Waals surface area contributed by atoms with Crippen molar-refractivity contribution in [3.05, 3.63) is 52.6 Å². The fourth-order valence-electron chi connectivity index (χ4n) is 2.80. The summed E-state index contributed by atoms with van der Waals surface area (Å²) in [6.45, 7) is 6.86. The van der Waals surface area contributed by atoms with Crippen LogP contribution < -0.4 is 5.32 Å². The van der Waals surface area contributed by atoms with E-state index in [2.05, 4.69) is 0 Å². The second-order valence-electron chi connectivity index (χ2n) is 6.10. The second-order valence-corrected chi connectivity index (χ2v) is 6.10. The Morgan fingerprint density at radius 3 is 2.38 bits per heavy atom. The summed E-state index contributed by atoms with van der Waals surface area (Å²) in [5.41, 5.74) is 1.36. The fraction of sp³-hybridized carbons (Fsp3) is 0.333. The number of nitrogens with one attached hydrogen (secondary N) is 1. The van der Waals surface area contributed by atoms with E-state index < -0.39 is 41.6 Å². The number of anilines is 1. The fourth-order valence-corrected chi connectivity index (χ4v) is 2.80. The Labute approximate surface area is 148 Å². The van der Waals surface area contributed by atoms with Crippen molar-refractivity contribution in [3.63, 3.8) is 0 Å². The van der Waals surface area contributed by atoms with E-state index in [4.69, 9.17) is 4.74 Å². The zero-order chi connectivity index (χ0) is 19.6. The molecule has 0 atom stereocenters. The molecule has 0 unspecified atom stereocenters. The van der Waals surface area contributed by atoms with Crippen LogP contribution in [0.5, 0.6) is 0 Å². The summed E-state index contributed by atoms with van der Waals surface area (Å²) in [4.78, 5) is 24.0. The number of aryl methyl sites for hydroxylation is 1. The molecular formula is C18H19F3N2O3. The minimum atomic E-state index is -1.69. The quantitative estimate of drug-likeness (QED) is 0.643. The van der Waals surface area contributed by atoms with Crippen molar-refractivity contribution >= 4 is 17.6 Å². The van der Waals surface area contributed by atoms with Gasteiger partial charge in [0, 0.05) is 17.4 Å². The van der Waals surface area contributed by atoms with Crippen LogP contribution in [0.2, 0.25) is 0 Å². The van der Waals surface area contributed by atoms with Crippen LogP contribution in [0, 0.1) is 31.3 Å². The smallest absolute Gasteiger partial charge is 0.340 e. The predicted octanol–water partition coefficient (Wildman–Crippen LogP) is 3.90. The molecule has 5 nitrogen and oxygen atoms in total. The number of carbonyl (C=O) groups is 2. The molecule has 2 rings (SSSR count). The van der Waals surface area contributed by atoms with Gasteiger partial charge in [-0.2, -0.15) is 0 Å². The summed E-state index contributed by atoms with van der Waals surface area (Å²) in [7, 11) is 0. The number of aromatic nitrogens is 1. The number of nitrogens with zero attached hydrogens (tertiary/aromatic N) is 1. The molecule has 0 aliphatic carbocycles. The Balaban J connectivity index is 2.03. The van der Waals surface area contributed by atoms with Crippen molar-refractivity contribution in [1.82, 2.24) is 4.57 Å². The van der Waals surface area contributed by atoms with Crippen molar-refractivity contribution < 1.29 is 27.5 Å². The standard InChI is InChI=1S/C18H19F3N2O3/c1-9(2)23-10(3)7-12(11(23)4)18(25)26-8-15(24)22-14-6-5-13(19)16(20)17(14)21/h5-7,9H,8H2,1-4H3,(H,22,24). The lowest BCUT2D eigenvalue weighted by Gasteiger charge is -2.13. The molecule has 1 heterocycles. The number of esters is 1. The van der Waals surface area contributed by atoms with Crippen molar-refractivity contribution in [2.24, 2.45) is 0 Å². The number of ether oxygens (including phenoxy) is 1. The zero-order valence-corrected chi connectivity index (χ0v) is 14.8. The molecule has 0 radical (unpaired) electrons. The van der Waals surface area contributed by atoms with Gasteiger partial charge in [-0.15, -0.1) is 0 Å². The van der Waals surface area contributed by atoms with E-state index in [1.807, 2.05) is 30.7 Å². The van der Waals surface area contributed by atoms with Gasteiger partial charge < -0.3 is 14.6 Å². The molecule has 0 bridgehead atoms. The average molecular weight is 368 g/mol. The van der Waals surface area contributed by atoms with Gasteiger partial charge in [-0.3, -0.25) is 4.79 Å². The molecule has 0 fully saturated rings. The van der Waals surface area contributed by atoms with Crippen LogP contribution in [0.3, 0.4) is 0 Å². The highest BCUT2D eigenvalue weighted by atomic mass is 19.2. The molecule has 0 saturated carbocycles. The highest BCUT2D eigenvalue weighted by molar-refractivity contribution is 5.96. The number of carbonyl (C=O) groups excluding carboxylic acids is 2. The maximum atomic E-state index is 13.5. The van der Waals surface area contributed by atoms with Crippen LogP contribution in [0.4, 0.5) is 18.9 Å². The highest BCUT2D eigenvalue weighted by Crippen LogP contribution is 2.21. The lowest BCUT2D eigenvalue weighted by Crippen LogP contribution is -2.22. The molecule has 1 N–H and O–H groups in total. The molecule has 0 aliphatic rings. The number of hydrogen-bond donors (Lipinski definition) is 1. The van der Waals surface area contributed by atoms with Gasteiger partial charge in [0.05, 0.1) is 11.3 Å². The minimum Gasteiger partial charge on any atom is -0.452 e. The van der Waals surface area contributed by atoms with Gasteiger partial charge in [0.25, 0.3) is 5.91 Å². The molecule has 8 heteroatoms. The maximum absolute atomic E-state index is 13.5. The number of rotatable bonds is 5. The molecule has 0 spiro atoms. The summed E-state index contributed by atoms with van der Waals surface area (Å²) in [6, 6.07) is 3.37. The Morgan fingerprint density at radius 2 is 1.81 bits per heavy atom. The summed E-state index contributed by atoms with van der Waals surface area (Å²) in [6.07, 6.45) is 0. The van der Waals surface area contributed by atoms with E-state index in [0.29, 0.717) is 17.3 Å². The van der Waals surface area contributed by atoms with Crippen LogP contribution in [0.15, 0.2) is 18.2 Å². The molecule has 2 aromatic rings. The molecule has 1 amide bonds. The van der Waals surface area contributed by atoms with Crippen LogP contribution >= 0.6 is 0 Å². The average Bonchev–Trinajstić information content (AvgIpc) is 2.88. The third-order valence-electron chi connectivity index (χ3n) is 3.86. The topological polar surface area (TPSA) is 60.3 Å². The number of hydrogen-bond acceptors (Lipinski definition) is 3. The third kappa shape index (κ3) is 3.89. The van der Waals surface area contributed by atoms with Gasteiger partial charge in [0.2, 0.25) is 0 Å². The molecule has 140 valence electrons. The van der Waals surface area contributed by atoms with Crippen LogP contribution in [0.1, 0.15) is 41.6 Å². The first-order valence-electron chi connectivity index (χ1n) is 7.92. The number of benzene rings is 1. The Hall–Kier alpha value is -2.77. The predicted molar refractivity (Wildman–Crippen MR) is 89.5 cm³/mol. The molecule has 0 aliphatic heterocycles. The lowest BCUT2D eigenvalue weighted by atomic mass is 10.2. The van der Waals surface area contributed by atoms with E-state index in [0.717, 1.165) is 11.8 Å². The normalized spacial score (nSPS) is 10.9. The first-order valence-corrected chi connectivity index (χ1v) is 7.92. The van der Waals surface area contributed by atoms with Gasteiger partial charge >= 0.3 is 5.97 Å². The van der Waals surface area contributed by atoms with Crippen molar-refractivity contribution in [3.8, 4) is 0 Å². The Morgan fingerprint density at radius 1 is 1.15 bits per heavy atom. The molecule has 0 saturated heterocycles. The lowest BCUT2D eigenvalue weighted by molar-refractivity contribution is -0.119. The van der Waals surface area contributed by atoms with Gasteiger partial charge in [-0.25, -0.2) is 18.0 Å². The molecular weight excluding hydrogens is 349 g/mol. The van der Waals surface area contributed by atoms with E-state index in [1.165, 1.54) is 0 Å². The third-order valence-corrected chi connectivity index (χ3v) is 3.86. The monoisotopic (exact) mass is 368 g/mol. The van der Waals surface area contributed by atoms with Crippen LogP contribution in [-0.4, -0.2) is 23.1 Å². The van der Waals surface area contributed by atoms with Crippen LogP contribution in [-0.2, 0) is 9.53 Å². The molecule has 1 aromatic carbocycles. The van der Waals surface area contributed by atoms with E-state index in [1.54, 1.807) is 13.0 Å². The van der Waals surface area contributed by atoms with Gasteiger partial charge in [-0.1, -0.05) is 0 Å². The second kappa shape index (κ2) is 7.63. The highest BCUT2D eigenvalue weighted by Gasteiger charge is 2.20. The van der Waals surface area contributed by atoms with E-state index >= 15 is 0 Å². The zero-order valence-electron chi connectivity index (χ0n) is 14.8. The summed E-state index contributed by atoms with van der Waals surface area (Å²) in [5, 5.41) is 2.03. The number of amides is 1. The summed E-state index contributed by atoms with van der Waals surface area (Å²) < 4.78 is 46.4.